The molecule has 21 heavy (non-hydrogen) atoms. The number of rotatable bonds is 3. The second kappa shape index (κ2) is 5.32. The predicted octanol–water partition coefficient (Wildman–Crippen LogP) is 2.67. The number of hydrogen-bond acceptors (Lipinski definition) is 5. The van der Waals surface area contributed by atoms with E-state index in [9.17, 15) is 5.26 Å². The van der Waals surface area contributed by atoms with E-state index in [1.165, 1.54) is 0 Å². The Labute approximate surface area is 123 Å². The second-order valence-corrected chi connectivity index (χ2v) is 5.52. The van der Waals surface area contributed by atoms with Crippen molar-refractivity contribution in [1.29, 1.82) is 5.26 Å². The zero-order valence-corrected chi connectivity index (χ0v) is 12.1. The first-order valence-corrected chi connectivity index (χ1v) is 6.93. The van der Waals surface area contributed by atoms with Crippen LogP contribution in [-0.2, 0) is 9.47 Å². The van der Waals surface area contributed by atoms with Gasteiger partial charge in [-0.25, -0.2) is 4.98 Å². The highest BCUT2D eigenvalue weighted by Crippen LogP contribution is 2.24. The molecule has 1 aromatic carbocycles. The Bertz CT molecular complexity index is 706. The Morgan fingerprint density at radius 3 is 2.95 bits per heavy atom. The van der Waals surface area contributed by atoms with Crippen molar-refractivity contribution in [1.82, 2.24) is 4.98 Å². The summed E-state index contributed by atoms with van der Waals surface area (Å²) in [4.78, 5) is 4.51. The molecular formula is C16H17N3O2. The molecule has 3 rings (SSSR count). The molecule has 0 radical (unpaired) electrons. The standard InChI is InChI=1S/C16H17N3O2/c1-16(2)20-10-13(21-16)9-18-15-12(8-17)7-11-5-3-4-6-14(11)19-15/h3-7,13H,9-10H2,1-2H3,(H,18,19). The second-order valence-electron chi connectivity index (χ2n) is 5.52. The monoisotopic (exact) mass is 283 g/mol. The van der Waals surface area contributed by atoms with Crippen LogP contribution in [0.15, 0.2) is 30.3 Å². The summed E-state index contributed by atoms with van der Waals surface area (Å²) >= 11 is 0. The van der Waals surface area contributed by atoms with Gasteiger partial charge in [-0.1, -0.05) is 18.2 Å². The fourth-order valence-corrected chi connectivity index (χ4v) is 2.41. The number of aromatic nitrogens is 1. The molecule has 1 N–H and O–H groups in total. The smallest absolute Gasteiger partial charge is 0.163 e. The summed E-state index contributed by atoms with van der Waals surface area (Å²) < 4.78 is 11.3. The van der Waals surface area contributed by atoms with Crippen molar-refractivity contribution in [3.05, 3.63) is 35.9 Å². The maximum Gasteiger partial charge on any atom is 0.163 e. The molecule has 1 aromatic heterocycles. The zero-order chi connectivity index (χ0) is 14.9. The Hall–Kier alpha value is -2.16. The minimum atomic E-state index is -0.540. The number of para-hydroxylation sites is 1. The molecule has 5 nitrogen and oxygen atoms in total. The molecule has 5 heteroatoms. The van der Waals surface area contributed by atoms with Crippen LogP contribution in [0.1, 0.15) is 19.4 Å². The topological polar surface area (TPSA) is 67.2 Å². The van der Waals surface area contributed by atoms with E-state index >= 15 is 0 Å². The van der Waals surface area contributed by atoms with E-state index in [2.05, 4.69) is 16.4 Å². The van der Waals surface area contributed by atoms with Gasteiger partial charge in [0.25, 0.3) is 0 Å². The number of benzene rings is 1. The Kier molecular flexibility index (Phi) is 3.50. The van der Waals surface area contributed by atoms with Gasteiger partial charge in [-0.05, 0) is 26.0 Å². The molecular weight excluding hydrogens is 266 g/mol. The van der Waals surface area contributed by atoms with Gasteiger partial charge in [0.05, 0.1) is 17.7 Å². The van der Waals surface area contributed by atoms with E-state index < -0.39 is 5.79 Å². The van der Waals surface area contributed by atoms with E-state index in [0.717, 1.165) is 10.9 Å². The molecule has 108 valence electrons. The van der Waals surface area contributed by atoms with E-state index in [0.29, 0.717) is 24.5 Å². The highest BCUT2D eigenvalue weighted by Gasteiger charge is 2.32. The SMILES string of the molecule is CC1(C)OCC(CNc2nc3ccccc3cc2C#N)O1. The third kappa shape index (κ3) is 2.97. The third-order valence-corrected chi connectivity index (χ3v) is 3.41. The number of fused-ring (bicyclic) bond motifs is 1. The highest BCUT2D eigenvalue weighted by molar-refractivity contribution is 5.82. The number of nitriles is 1. The van der Waals surface area contributed by atoms with Crippen LogP contribution >= 0.6 is 0 Å². The number of pyridine rings is 1. The summed E-state index contributed by atoms with van der Waals surface area (Å²) in [5.74, 6) is 0.0470. The third-order valence-electron chi connectivity index (χ3n) is 3.41. The van der Waals surface area contributed by atoms with Gasteiger partial charge in [0.2, 0.25) is 0 Å². The number of ether oxygens (including phenoxy) is 2. The van der Waals surface area contributed by atoms with Gasteiger partial charge in [0.1, 0.15) is 18.0 Å². The maximum atomic E-state index is 9.27. The van der Waals surface area contributed by atoms with Crippen molar-refractivity contribution in [2.75, 3.05) is 18.5 Å². The quantitative estimate of drug-likeness (QED) is 0.938. The average Bonchev–Trinajstić information content (AvgIpc) is 2.83. The van der Waals surface area contributed by atoms with Gasteiger partial charge in [0, 0.05) is 11.9 Å². The molecule has 1 atom stereocenters. The Balaban J connectivity index is 1.79. The molecule has 0 spiro atoms. The van der Waals surface area contributed by atoms with Crippen LogP contribution < -0.4 is 5.32 Å². The first-order chi connectivity index (χ1) is 10.1. The van der Waals surface area contributed by atoms with E-state index in [4.69, 9.17) is 9.47 Å². The van der Waals surface area contributed by atoms with Gasteiger partial charge in [-0.2, -0.15) is 5.26 Å². The van der Waals surface area contributed by atoms with Crippen molar-refractivity contribution in [2.24, 2.45) is 0 Å². The molecule has 0 bridgehead atoms. The lowest BCUT2D eigenvalue weighted by atomic mass is 10.1. The molecule has 0 amide bonds. The van der Waals surface area contributed by atoms with Crippen LogP contribution in [0.2, 0.25) is 0 Å². The fourth-order valence-electron chi connectivity index (χ4n) is 2.41. The Morgan fingerprint density at radius 1 is 1.43 bits per heavy atom. The Morgan fingerprint density at radius 2 is 2.24 bits per heavy atom. The van der Waals surface area contributed by atoms with E-state index in [1.807, 2.05) is 44.2 Å². The largest absolute Gasteiger partial charge is 0.366 e. The highest BCUT2D eigenvalue weighted by atomic mass is 16.7. The van der Waals surface area contributed by atoms with Gasteiger partial charge < -0.3 is 14.8 Å². The molecule has 1 saturated heterocycles. The summed E-state index contributed by atoms with van der Waals surface area (Å²) in [6.45, 7) is 4.88. The average molecular weight is 283 g/mol. The van der Waals surface area contributed by atoms with Crippen LogP contribution in [0.4, 0.5) is 5.82 Å². The summed E-state index contributed by atoms with van der Waals surface area (Å²) in [7, 11) is 0. The van der Waals surface area contributed by atoms with Crippen molar-refractivity contribution < 1.29 is 9.47 Å². The van der Waals surface area contributed by atoms with Crippen molar-refractivity contribution in [3.8, 4) is 6.07 Å². The molecule has 1 fully saturated rings. The van der Waals surface area contributed by atoms with Crippen LogP contribution in [0.5, 0.6) is 0 Å². The van der Waals surface area contributed by atoms with Crippen molar-refractivity contribution in [3.63, 3.8) is 0 Å². The number of hydrogen-bond donors (Lipinski definition) is 1. The van der Waals surface area contributed by atoms with E-state index in [1.54, 1.807) is 0 Å². The van der Waals surface area contributed by atoms with E-state index in [-0.39, 0.29) is 6.10 Å². The molecule has 1 aliphatic rings. The molecule has 0 saturated carbocycles. The molecule has 1 aliphatic heterocycles. The summed E-state index contributed by atoms with van der Waals surface area (Å²) in [5.41, 5.74) is 1.40. The molecule has 1 unspecified atom stereocenters. The lowest BCUT2D eigenvalue weighted by Gasteiger charge is -2.17. The molecule has 0 aliphatic carbocycles. The van der Waals surface area contributed by atoms with Crippen LogP contribution in [0, 0.1) is 11.3 Å². The van der Waals surface area contributed by atoms with Crippen molar-refractivity contribution in [2.45, 2.75) is 25.7 Å². The number of nitrogens with zero attached hydrogens (tertiary/aromatic N) is 2. The van der Waals surface area contributed by atoms with Crippen LogP contribution in [0.3, 0.4) is 0 Å². The minimum absolute atomic E-state index is 0.0418. The summed E-state index contributed by atoms with van der Waals surface area (Å²) in [6.07, 6.45) is -0.0418. The van der Waals surface area contributed by atoms with Crippen molar-refractivity contribution >= 4 is 16.7 Å². The lowest BCUT2D eigenvalue weighted by molar-refractivity contribution is -0.136. The predicted molar refractivity (Wildman–Crippen MR) is 79.9 cm³/mol. The van der Waals surface area contributed by atoms with Gasteiger partial charge in [-0.15, -0.1) is 0 Å². The van der Waals surface area contributed by atoms with Gasteiger partial charge in [0.15, 0.2) is 5.79 Å². The first-order valence-electron chi connectivity index (χ1n) is 6.93. The van der Waals surface area contributed by atoms with Gasteiger partial charge >= 0.3 is 0 Å². The number of nitrogens with one attached hydrogen (secondary N) is 1. The first kappa shape index (κ1) is 13.8. The lowest BCUT2D eigenvalue weighted by Crippen LogP contribution is -2.26. The summed E-state index contributed by atoms with van der Waals surface area (Å²) in [5, 5.41) is 13.4. The maximum absolute atomic E-state index is 9.27. The normalized spacial score (nSPS) is 20.3. The molecule has 2 aromatic rings. The number of anilines is 1. The zero-order valence-electron chi connectivity index (χ0n) is 12.1. The van der Waals surface area contributed by atoms with Crippen LogP contribution in [0.25, 0.3) is 10.9 Å². The summed E-state index contributed by atoms with van der Waals surface area (Å²) in [6, 6.07) is 11.8. The van der Waals surface area contributed by atoms with Crippen LogP contribution in [-0.4, -0.2) is 30.0 Å². The fraction of sp³-hybridized carbons (Fsp3) is 0.375. The minimum Gasteiger partial charge on any atom is -0.366 e. The van der Waals surface area contributed by atoms with Gasteiger partial charge in [-0.3, -0.25) is 0 Å². The molecule has 2 heterocycles.